The highest BCUT2D eigenvalue weighted by Gasteiger charge is 2.32. The molecule has 17 heavy (non-hydrogen) atoms. The van der Waals surface area contributed by atoms with Crippen molar-refractivity contribution < 1.29 is 9.59 Å². The highest BCUT2D eigenvalue weighted by molar-refractivity contribution is 7.15. The van der Waals surface area contributed by atoms with Crippen molar-refractivity contribution in [2.24, 2.45) is 0 Å². The van der Waals surface area contributed by atoms with Gasteiger partial charge in [-0.3, -0.25) is 9.59 Å². The monoisotopic (exact) mass is 253 g/mol. The lowest BCUT2D eigenvalue weighted by atomic mass is 10.4. The van der Waals surface area contributed by atoms with Gasteiger partial charge in [-0.15, -0.1) is 11.3 Å². The predicted octanol–water partition coefficient (Wildman–Crippen LogP) is 1.40. The third-order valence-corrected chi connectivity index (χ3v) is 3.40. The first-order valence-electron chi connectivity index (χ1n) is 5.56. The minimum atomic E-state index is -0.179. The average molecular weight is 253 g/mol. The maximum Gasteiger partial charge on any atom is 0.245 e. The summed E-state index contributed by atoms with van der Waals surface area (Å²) in [5, 5.41) is 3.29. The van der Waals surface area contributed by atoms with Crippen molar-refractivity contribution >= 4 is 28.3 Å². The van der Waals surface area contributed by atoms with E-state index in [0.717, 1.165) is 17.7 Å². The second-order valence-electron chi connectivity index (χ2n) is 4.20. The Labute approximate surface area is 104 Å². The molecule has 0 saturated heterocycles. The van der Waals surface area contributed by atoms with Crippen molar-refractivity contribution in [3.8, 4) is 0 Å². The summed E-state index contributed by atoms with van der Waals surface area (Å²) in [6.07, 6.45) is 3.72. The molecule has 0 bridgehead atoms. The predicted molar refractivity (Wildman–Crippen MR) is 65.9 cm³/mol. The van der Waals surface area contributed by atoms with Gasteiger partial charge in [-0.2, -0.15) is 0 Å². The molecule has 6 heteroatoms. The molecule has 0 aromatic carbocycles. The van der Waals surface area contributed by atoms with E-state index < -0.39 is 0 Å². The lowest BCUT2D eigenvalue weighted by Gasteiger charge is -2.19. The van der Waals surface area contributed by atoms with Crippen LogP contribution in [0.5, 0.6) is 0 Å². The minimum Gasteiger partial charge on any atom is -0.331 e. The van der Waals surface area contributed by atoms with Crippen molar-refractivity contribution in [2.45, 2.75) is 32.7 Å². The fourth-order valence-corrected chi connectivity index (χ4v) is 2.29. The summed E-state index contributed by atoms with van der Waals surface area (Å²) in [4.78, 5) is 29.8. The summed E-state index contributed by atoms with van der Waals surface area (Å²) >= 11 is 1.43. The largest absolute Gasteiger partial charge is 0.331 e. The van der Waals surface area contributed by atoms with E-state index in [0.29, 0.717) is 5.13 Å². The Morgan fingerprint density at radius 1 is 1.59 bits per heavy atom. The normalized spacial score (nSPS) is 14.5. The van der Waals surface area contributed by atoms with Gasteiger partial charge in [0, 0.05) is 24.0 Å². The molecule has 1 heterocycles. The van der Waals surface area contributed by atoms with Crippen molar-refractivity contribution in [3.63, 3.8) is 0 Å². The third kappa shape index (κ3) is 3.26. The van der Waals surface area contributed by atoms with E-state index in [9.17, 15) is 9.59 Å². The molecule has 2 amide bonds. The van der Waals surface area contributed by atoms with Crippen LogP contribution >= 0.6 is 11.3 Å². The molecule has 92 valence electrons. The fraction of sp³-hybridized carbons (Fsp3) is 0.545. The highest BCUT2D eigenvalue weighted by Crippen LogP contribution is 2.26. The zero-order valence-electron chi connectivity index (χ0n) is 9.90. The Bertz CT molecular complexity index is 440. The summed E-state index contributed by atoms with van der Waals surface area (Å²) in [5.41, 5.74) is 0. The third-order valence-electron chi connectivity index (χ3n) is 2.57. The number of carbonyl (C=O) groups excluding carboxylic acids is 2. The molecule has 1 saturated carbocycles. The summed E-state index contributed by atoms with van der Waals surface area (Å²) in [6.45, 7) is 3.55. The number of anilines is 1. The van der Waals surface area contributed by atoms with Crippen molar-refractivity contribution in [1.82, 2.24) is 9.88 Å². The molecule has 0 aliphatic heterocycles. The van der Waals surface area contributed by atoms with Gasteiger partial charge in [0.05, 0.1) is 0 Å². The molecule has 5 nitrogen and oxygen atoms in total. The SMILES string of the molecule is CC(=O)N(CC(=O)Nc1ncc(C)s1)C1CC1. The lowest BCUT2D eigenvalue weighted by Crippen LogP contribution is -2.38. The topological polar surface area (TPSA) is 62.3 Å². The van der Waals surface area contributed by atoms with Crippen LogP contribution in [-0.2, 0) is 9.59 Å². The van der Waals surface area contributed by atoms with E-state index >= 15 is 0 Å². The maximum atomic E-state index is 11.7. The van der Waals surface area contributed by atoms with Crippen molar-refractivity contribution in [1.29, 1.82) is 0 Å². The Balaban J connectivity index is 1.89. The van der Waals surface area contributed by atoms with Crippen molar-refractivity contribution in [2.75, 3.05) is 11.9 Å². The minimum absolute atomic E-state index is 0.0435. The number of hydrogen-bond acceptors (Lipinski definition) is 4. The van der Waals surface area contributed by atoms with Gasteiger partial charge in [0.15, 0.2) is 5.13 Å². The molecule has 0 unspecified atom stereocenters. The molecule has 1 aliphatic carbocycles. The zero-order valence-corrected chi connectivity index (χ0v) is 10.7. The van der Waals surface area contributed by atoms with Crippen LogP contribution in [0.3, 0.4) is 0 Å². The smallest absolute Gasteiger partial charge is 0.245 e. The number of amides is 2. The first kappa shape index (κ1) is 12.0. The van der Waals surface area contributed by atoms with Crippen LogP contribution in [0, 0.1) is 6.92 Å². The number of rotatable bonds is 4. The van der Waals surface area contributed by atoms with Crippen LogP contribution in [0.1, 0.15) is 24.6 Å². The van der Waals surface area contributed by atoms with Crippen LogP contribution in [0.25, 0.3) is 0 Å². The average Bonchev–Trinajstić information content (AvgIpc) is 3.00. The first-order valence-corrected chi connectivity index (χ1v) is 6.37. The van der Waals surface area contributed by atoms with Crippen LogP contribution in [0.4, 0.5) is 5.13 Å². The van der Waals surface area contributed by atoms with Gasteiger partial charge in [-0.05, 0) is 19.8 Å². The van der Waals surface area contributed by atoms with E-state index in [-0.39, 0.29) is 24.4 Å². The number of nitrogens with zero attached hydrogens (tertiary/aromatic N) is 2. The Kier molecular flexibility index (Phi) is 3.42. The van der Waals surface area contributed by atoms with Crippen LogP contribution in [-0.4, -0.2) is 34.3 Å². The molecule has 1 aliphatic rings. The second kappa shape index (κ2) is 4.83. The number of carbonyl (C=O) groups is 2. The van der Waals surface area contributed by atoms with Gasteiger partial charge in [-0.25, -0.2) is 4.98 Å². The molecule has 0 atom stereocenters. The van der Waals surface area contributed by atoms with Crippen LogP contribution in [0.2, 0.25) is 0 Å². The van der Waals surface area contributed by atoms with Crippen LogP contribution < -0.4 is 5.32 Å². The molecular formula is C11H15N3O2S. The standard InChI is InChI=1S/C11H15N3O2S/c1-7-5-12-11(17-7)13-10(16)6-14(8(2)15)9-3-4-9/h5,9H,3-4,6H2,1-2H3,(H,12,13,16). The summed E-state index contributed by atoms with van der Waals surface area (Å²) in [5.74, 6) is -0.223. The number of aryl methyl sites for hydroxylation is 1. The molecule has 1 aromatic heterocycles. The highest BCUT2D eigenvalue weighted by atomic mass is 32.1. The zero-order chi connectivity index (χ0) is 12.4. The van der Waals surface area contributed by atoms with E-state index in [1.165, 1.54) is 18.3 Å². The van der Waals surface area contributed by atoms with Crippen LogP contribution in [0.15, 0.2) is 6.20 Å². The van der Waals surface area contributed by atoms with Crippen molar-refractivity contribution in [3.05, 3.63) is 11.1 Å². The van der Waals surface area contributed by atoms with Gasteiger partial charge in [-0.1, -0.05) is 0 Å². The molecule has 0 radical (unpaired) electrons. The maximum absolute atomic E-state index is 11.7. The molecule has 1 aromatic rings. The van der Waals surface area contributed by atoms with E-state index in [1.54, 1.807) is 11.1 Å². The van der Waals surface area contributed by atoms with Gasteiger partial charge in [0.25, 0.3) is 0 Å². The number of hydrogen-bond donors (Lipinski definition) is 1. The second-order valence-corrected chi connectivity index (χ2v) is 5.44. The van der Waals surface area contributed by atoms with Gasteiger partial charge in [0.2, 0.25) is 11.8 Å². The Morgan fingerprint density at radius 3 is 2.76 bits per heavy atom. The molecule has 0 spiro atoms. The summed E-state index contributed by atoms with van der Waals surface area (Å²) in [6, 6.07) is 0.260. The number of aromatic nitrogens is 1. The fourth-order valence-electron chi connectivity index (χ4n) is 1.61. The number of nitrogens with one attached hydrogen (secondary N) is 1. The van der Waals surface area contributed by atoms with E-state index in [4.69, 9.17) is 0 Å². The quantitative estimate of drug-likeness (QED) is 0.882. The first-order chi connectivity index (χ1) is 8.06. The summed E-state index contributed by atoms with van der Waals surface area (Å²) < 4.78 is 0. The molecular weight excluding hydrogens is 238 g/mol. The lowest BCUT2D eigenvalue weighted by molar-refractivity contribution is -0.133. The number of thiazole rings is 1. The Morgan fingerprint density at radius 2 is 2.29 bits per heavy atom. The van der Waals surface area contributed by atoms with Gasteiger partial charge < -0.3 is 10.2 Å². The Hall–Kier alpha value is -1.43. The molecule has 2 rings (SSSR count). The van der Waals surface area contributed by atoms with Gasteiger partial charge >= 0.3 is 0 Å². The summed E-state index contributed by atoms with van der Waals surface area (Å²) in [7, 11) is 0. The molecule has 1 fully saturated rings. The van der Waals surface area contributed by atoms with E-state index in [2.05, 4.69) is 10.3 Å². The van der Waals surface area contributed by atoms with Gasteiger partial charge in [0.1, 0.15) is 6.54 Å². The van der Waals surface area contributed by atoms with E-state index in [1.807, 2.05) is 6.92 Å². The molecule has 1 N–H and O–H groups in total.